The average Bonchev–Trinajstić information content (AvgIpc) is 2.31. The number of rotatable bonds is 3. The molecule has 1 aromatic rings. The first-order valence-corrected chi connectivity index (χ1v) is 6.49. The van der Waals surface area contributed by atoms with Crippen LogP contribution >= 0.6 is 15.9 Å². The maximum Gasteiger partial charge on any atom is 0.143 e. The van der Waals surface area contributed by atoms with Gasteiger partial charge in [0.1, 0.15) is 5.82 Å². The van der Waals surface area contributed by atoms with Crippen molar-refractivity contribution in [2.24, 2.45) is 0 Å². The van der Waals surface area contributed by atoms with Crippen LogP contribution in [-0.2, 0) is 0 Å². The summed E-state index contributed by atoms with van der Waals surface area (Å²) in [6.07, 6.45) is 1.68. The minimum Gasteiger partial charge on any atom is -0.397 e. The van der Waals surface area contributed by atoms with E-state index in [0.717, 1.165) is 43.0 Å². The van der Waals surface area contributed by atoms with E-state index in [0.29, 0.717) is 5.69 Å². The summed E-state index contributed by atoms with van der Waals surface area (Å²) < 4.78 is 0.938. The van der Waals surface area contributed by atoms with E-state index in [4.69, 9.17) is 10.8 Å². The zero-order chi connectivity index (χ0) is 12.3. The van der Waals surface area contributed by atoms with Crippen molar-refractivity contribution in [3.63, 3.8) is 0 Å². The number of halogens is 1. The number of nitrogens with zero attached hydrogens (tertiary/aromatic N) is 3. The molecule has 0 bridgehead atoms. The summed E-state index contributed by atoms with van der Waals surface area (Å²) in [6, 6.07) is 1.88. The third-order valence-electron chi connectivity index (χ3n) is 2.93. The van der Waals surface area contributed by atoms with Crippen LogP contribution < -0.4 is 10.6 Å². The number of aromatic nitrogens is 1. The van der Waals surface area contributed by atoms with E-state index in [1.165, 1.54) is 0 Å². The molecule has 6 heteroatoms. The highest BCUT2D eigenvalue weighted by Gasteiger charge is 2.19. The van der Waals surface area contributed by atoms with Gasteiger partial charge in [-0.15, -0.1) is 0 Å². The number of aliphatic hydroxyl groups excluding tert-OH is 1. The van der Waals surface area contributed by atoms with E-state index >= 15 is 0 Å². The Hall–Kier alpha value is -0.850. The normalized spacial score (nSPS) is 17.4. The first kappa shape index (κ1) is 12.6. The van der Waals surface area contributed by atoms with Crippen molar-refractivity contribution in [3.05, 3.63) is 16.7 Å². The Bertz CT molecular complexity index is 380. The van der Waals surface area contributed by atoms with Crippen LogP contribution in [-0.4, -0.2) is 54.3 Å². The largest absolute Gasteiger partial charge is 0.397 e. The molecule has 1 aromatic heterocycles. The second kappa shape index (κ2) is 5.66. The Morgan fingerprint density at radius 3 is 2.65 bits per heavy atom. The lowest BCUT2D eigenvalue weighted by Gasteiger charge is -2.35. The second-order valence-electron chi connectivity index (χ2n) is 4.13. The Kier molecular flexibility index (Phi) is 4.20. The van der Waals surface area contributed by atoms with E-state index in [9.17, 15) is 0 Å². The molecule has 1 saturated heterocycles. The van der Waals surface area contributed by atoms with Gasteiger partial charge in [-0.1, -0.05) is 0 Å². The van der Waals surface area contributed by atoms with Crippen LogP contribution in [0.15, 0.2) is 16.7 Å². The molecule has 0 aliphatic carbocycles. The van der Waals surface area contributed by atoms with Crippen LogP contribution in [0.2, 0.25) is 0 Å². The third kappa shape index (κ3) is 3.08. The highest BCUT2D eigenvalue weighted by molar-refractivity contribution is 9.10. The summed E-state index contributed by atoms with van der Waals surface area (Å²) in [5.74, 6) is 0.947. The summed E-state index contributed by atoms with van der Waals surface area (Å²) in [7, 11) is 0. The molecule has 0 saturated carbocycles. The van der Waals surface area contributed by atoms with E-state index in [-0.39, 0.29) is 6.61 Å². The monoisotopic (exact) mass is 300 g/mol. The van der Waals surface area contributed by atoms with Crippen molar-refractivity contribution in [1.82, 2.24) is 9.88 Å². The molecule has 0 aromatic carbocycles. The number of hydrogen-bond donors (Lipinski definition) is 2. The van der Waals surface area contributed by atoms with E-state index in [1.807, 2.05) is 6.07 Å². The molecule has 94 valence electrons. The highest BCUT2D eigenvalue weighted by Crippen LogP contribution is 2.26. The van der Waals surface area contributed by atoms with Crippen LogP contribution in [0.3, 0.4) is 0 Å². The number of piperazine rings is 1. The Morgan fingerprint density at radius 2 is 2.06 bits per heavy atom. The van der Waals surface area contributed by atoms with Crippen LogP contribution in [0, 0.1) is 0 Å². The molecule has 0 amide bonds. The molecule has 1 aliphatic heterocycles. The molecule has 0 spiro atoms. The highest BCUT2D eigenvalue weighted by atomic mass is 79.9. The number of nitrogens with two attached hydrogens (primary N) is 1. The molecule has 1 aliphatic rings. The van der Waals surface area contributed by atoms with Crippen molar-refractivity contribution in [3.8, 4) is 0 Å². The SMILES string of the molecule is Nc1cnc(N2CCN(CCO)CC2)c(Br)c1. The lowest BCUT2D eigenvalue weighted by Crippen LogP contribution is -2.47. The number of anilines is 2. The maximum absolute atomic E-state index is 8.89. The molecule has 0 unspecified atom stereocenters. The topological polar surface area (TPSA) is 65.6 Å². The van der Waals surface area contributed by atoms with Crippen LogP contribution in [0.5, 0.6) is 0 Å². The molecule has 0 radical (unpaired) electrons. The van der Waals surface area contributed by atoms with Crippen molar-refractivity contribution in [2.75, 3.05) is 50.0 Å². The van der Waals surface area contributed by atoms with Gasteiger partial charge in [-0.2, -0.15) is 0 Å². The molecule has 5 nitrogen and oxygen atoms in total. The second-order valence-corrected chi connectivity index (χ2v) is 4.98. The first-order valence-electron chi connectivity index (χ1n) is 5.70. The van der Waals surface area contributed by atoms with Gasteiger partial charge < -0.3 is 15.7 Å². The summed E-state index contributed by atoms with van der Waals surface area (Å²) in [6.45, 7) is 4.75. The van der Waals surface area contributed by atoms with Crippen LogP contribution in [0.25, 0.3) is 0 Å². The van der Waals surface area contributed by atoms with Gasteiger partial charge in [-0.05, 0) is 22.0 Å². The van der Waals surface area contributed by atoms with Crippen molar-refractivity contribution in [1.29, 1.82) is 0 Å². The molecule has 2 rings (SSSR count). The van der Waals surface area contributed by atoms with Crippen LogP contribution in [0.4, 0.5) is 11.5 Å². The minimum atomic E-state index is 0.226. The lowest BCUT2D eigenvalue weighted by molar-refractivity contribution is 0.188. The van der Waals surface area contributed by atoms with Crippen LogP contribution in [0.1, 0.15) is 0 Å². The number of nitrogen functional groups attached to an aromatic ring is 1. The van der Waals surface area contributed by atoms with Gasteiger partial charge in [0.15, 0.2) is 0 Å². The van der Waals surface area contributed by atoms with Crippen molar-refractivity contribution < 1.29 is 5.11 Å². The molecule has 3 N–H and O–H groups in total. The molecular weight excluding hydrogens is 284 g/mol. The predicted octanol–water partition coefficient (Wildman–Crippen LogP) is 0.541. The van der Waals surface area contributed by atoms with Crippen molar-refractivity contribution in [2.45, 2.75) is 0 Å². The summed E-state index contributed by atoms with van der Waals surface area (Å²) in [4.78, 5) is 8.84. The van der Waals surface area contributed by atoms with E-state index in [1.54, 1.807) is 6.20 Å². The van der Waals surface area contributed by atoms with Gasteiger partial charge in [0.25, 0.3) is 0 Å². The van der Waals surface area contributed by atoms with Gasteiger partial charge in [0.2, 0.25) is 0 Å². The molecule has 1 fully saturated rings. The van der Waals surface area contributed by atoms with Gasteiger partial charge in [0, 0.05) is 32.7 Å². The molecule has 17 heavy (non-hydrogen) atoms. The fraction of sp³-hybridized carbons (Fsp3) is 0.545. The summed E-state index contributed by atoms with van der Waals surface area (Å²) in [5.41, 5.74) is 6.34. The Labute approximate surface area is 109 Å². The van der Waals surface area contributed by atoms with Gasteiger partial charge in [-0.25, -0.2) is 4.98 Å². The molecule has 2 heterocycles. The maximum atomic E-state index is 8.89. The number of hydrogen-bond acceptors (Lipinski definition) is 5. The van der Waals surface area contributed by atoms with E-state index in [2.05, 4.69) is 30.7 Å². The zero-order valence-corrected chi connectivity index (χ0v) is 11.2. The number of aliphatic hydroxyl groups is 1. The predicted molar refractivity (Wildman–Crippen MR) is 72.1 cm³/mol. The fourth-order valence-electron chi connectivity index (χ4n) is 2.00. The number of β-amino-alcohol motifs (C(OH)–C–C–N with tert-alkyl or cyclic N) is 1. The summed E-state index contributed by atoms with van der Waals surface area (Å²) in [5, 5.41) is 8.89. The smallest absolute Gasteiger partial charge is 0.143 e. The van der Waals surface area contributed by atoms with Gasteiger partial charge >= 0.3 is 0 Å². The van der Waals surface area contributed by atoms with Crippen molar-refractivity contribution >= 4 is 27.4 Å². The van der Waals surface area contributed by atoms with Gasteiger partial charge in [-0.3, -0.25) is 4.90 Å². The van der Waals surface area contributed by atoms with Gasteiger partial charge in [0.05, 0.1) is 23.0 Å². The average molecular weight is 301 g/mol. The first-order chi connectivity index (χ1) is 8.20. The summed E-state index contributed by atoms with van der Waals surface area (Å²) >= 11 is 3.49. The Balaban J connectivity index is 2.00. The zero-order valence-electron chi connectivity index (χ0n) is 9.64. The Morgan fingerprint density at radius 1 is 1.35 bits per heavy atom. The quantitative estimate of drug-likeness (QED) is 0.853. The standard InChI is InChI=1S/C11H17BrN4O/c12-10-7-9(13)8-14-11(10)16-3-1-15(2-4-16)5-6-17/h7-8,17H,1-6,13H2. The molecular formula is C11H17BrN4O. The minimum absolute atomic E-state index is 0.226. The van der Waals surface area contributed by atoms with E-state index < -0.39 is 0 Å². The fourth-order valence-corrected chi connectivity index (χ4v) is 2.62. The number of pyridine rings is 1. The third-order valence-corrected chi connectivity index (χ3v) is 3.51. The lowest BCUT2D eigenvalue weighted by atomic mass is 10.3. The molecule has 0 atom stereocenters.